The number of ether oxygens (including phenoxy) is 2. The summed E-state index contributed by atoms with van der Waals surface area (Å²) in [7, 11) is 0. The van der Waals surface area contributed by atoms with Crippen molar-refractivity contribution in [2.24, 2.45) is 11.1 Å². The van der Waals surface area contributed by atoms with E-state index in [1.165, 1.54) is 0 Å². The molecule has 2 aliphatic rings. The van der Waals surface area contributed by atoms with E-state index in [9.17, 15) is 4.79 Å². The van der Waals surface area contributed by atoms with E-state index in [0.717, 1.165) is 11.3 Å². The molecule has 1 aromatic rings. The smallest absolute Gasteiger partial charge is 0.230 e. The molecule has 3 rings (SSSR count). The number of nitrogens with one attached hydrogen (secondary N) is 1. The van der Waals surface area contributed by atoms with Gasteiger partial charge in [-0.05, 0) is 13.0 Å². The first-order valence-electron chi connectivity index (χ1n) is 6.47. The van der Waals surface area contributed by atoms with Gasteiger partial charge in [0, 0.05) is 11.6 Å². The molecule has 1 fully saturated rings. The summed E-state index contributed by atoms with van der Waals surface area (Å²) in [5.74, 6) is 0.771. The molecule has 0 aliphatic carbocycles. The summed E-state index contributed by atoms with van der Waals surface area (Å²) in [5, 5.41) is 3.02. The molecule has 2 aliphatic heterocycles. The Morgan fingerprint density at radius 3 is 2.95 bits per heavy atom. The van der Waals surface area contributed by atoms with E-state index in [1.807, 2.05) is 31.2 Å². The first kappa shape index (κ1) is 12.4. The molecule has 0 aromatic heterocycles. The monoisotopic (exact) mass is 262 g/mol. The third-order valence-electron chi connectivity index (χ3n) is 4.04. The summed E-state index contributed by atoms with van der Waals surface area (Å²) in [6, 6.07) is 7.39. The van der Waals surface area contributed by atoms with Gasteiger partial charge in [-0.25, -0.2) is 0 Å². The Morgan fingerprint density at radius 2 is 2.21 bits per heavy atom. The Bertz CT molecular complexity index is 505. The minimum Gasteiger partial charge on any atom is -0.491 e. The Balaban J connectivity index is 1.75. The summed E-state index contributed by atoms with van der Waals surface area (Å²) >= 11 is 0. The van der Waals surface area contributed by atoms with Gasteiger partial charge in [0.05, 0.1) is 24.7 Å². The van der Waals surface area contributed by atoms with Crippen molar-refractivity contribution >= 4 is 5.91 Å². The van der Waals surface area contributed by atoms with Gasteiger partial charge in [-0.1, -0.05) is 18.2 Å². The molecule has 0 spiro atoms. The van der Waals surface area contributed by atoms with Crippen LogP contribution in [0.5, 0.6) is 5.75 Å². The zero-order valence-corrected chi connectivity index (χ0v) is 10.9. The molecule has 3 unspecified atom stereocenters. The van der Waals surface area contributed by atoms with E-state index in [2.05, 4.69) is 5.32 Å². The maximum atomic E-state index is 12.4. The normalized spacial score (nSPS) is 32.7. The second kappa shape index (κ2) is 4.51. The lowest BCUT2D eigenvalue weighted by Gasteiger charge is -2.27. The lowest BCUT2D eigenvalue weighted by atomic mass is 9.84. The van der Waals surface area contributed by atoms with Gasteiger partial charge in [-0.3, -0.25) is 4.79 Å². The second-order valence-corrected chi connectivity index (χ2v) is 5.41. The van der Waals surface area contributed by atoms with Gasteiger partial charge in [-0.2, -0.15) is 0 Å². The zero-order chi connectivity index (χ0) is 13.5. The number of hydrogen-bond donors (Lipinski definition) is 2. The maximum absolute atomic E-state index is 12.4. The first-order valence-corrected chi connectivity index (χ1v) is 6.47. The fourth-order valence-electron chi connectivity index (χ4n) is 2.53. The maximum Gasteiger partial charge on any atom is 0.230 e. The molecule has 5 nitrogen and oxygen atoms in total. The number of fused-ring (bicyclic) bond motifs is 1. The highest BCUT2D eigenvalue weighted by Crippen LogP contribution is 2.34. The highest BCUT2D eigenvalue weighted by atomic mass is 16.5. The van der Waals surface area contributed by atoms with Crippen LogP contribution in [0.2, 0.25) is 0 Å². The number of rotatable bonds is 2. The predicted octanol–water partition coefficient (Wildman–Crippen LogP) is 0.600. The molecule has 19 heavy (non-hydrogen) atoms. The number of hydrogen-bond acceptors (Lipinski definition) is 4. The van der Waals surface area contributed by atoms with Gasteiger partial charge in [-0.15, -0.1) is 0 Å². The van der Waals surface area contributed by atoms with Crippen molar-refractivity contribution in [3.05, 3.63) is 29.8 Å². The van der Waals surface area contributed by atoms with Crippen LogP contribution >= 0.6 is 0 Å². The molecule has 102 valence electrons. The van der Waals surface area contributed by atoms with Crippen LogP contribution in [0.3, 0.4) is 0 Å². The minimum absolute atomic E-state index is 0.0668. The topological polar surface area (TPSA) is 73.6 Å². The lowest BCUT2D eigenvalue weighted by Crippen LogP contribution is -2.50. The highest BCUT2D eigenvalue weighted by Gasteiger charge is 2.45. The van der Waals surface area contributed by atoms with Crippen LogP contribution in [0.15, 0.2) is 24.3 Å². The fourth-order valence-corrected chi connectivity index (χ4v) is 2.53. The van der Waals surface area contributed by atoms with E-state index in [1.54, 1.807) is 0 Å². The Hall–Kier alpha value is -1.59. The molecule has 0 saturated carbocycles. The van der Waals surface area contributed by atoms with Crippen LogP contribution in [0.1, 0.15) is 18.5 Å². The summed E-state index contributed by atoms with van der Waals surface area (Å²) in [5.41, 5.74) is 6.33. The largest absolute Gasteiger partial charge is 0.491 e. The molecule has 2 heterocycles. The van der Waals surface area contributed by atoms with Gasteiger partial charge in [0.2, 0.25) is 5.91 Å². The van der Waals surface area contributed by atoms with E-state index in [4.69, 9.17) is 15.2 Å². The zero-order valence-electron chi connectivity index (χ0n) is 10.9. The summed E-state index contributed by atoms with van der Waals surface area (Å²) < 4.78 is 10.9. The van der Waals surface area contributed by atoms with Crippen LogP contribution in [0.25, 0.3) is 0 Å². The second-order valence-electron chi connectivity index (χ2n) is 5.41. The van der Waals surface area contributed by atoms with Gasteiger partial charge in [0.15, 0.2) is 0 Å². The molecular formula is C14H18N2O3. The van der Waals surface area contributed by atoms with Gasteiger partial charge in [0.1, 0.15) is 12.4 Å². The average Bonchev–Trinajstić information content (AvgIpc) is 2.96. The SMILES string of the molecule is CC1(C(=O)NC2COc3ccccc32)COCC1N. The average molecular weight is 262 g/mol. The predicted molar refractivity (Wildman–Crippen MR) is 69.7 cm³/mol. The minimum atomic E-state index is -0.655. The molecule has 1 saturated heterocycles. The molecule has 1 aromatic carbocycles. The van der Waals surface area contributed by atoms with Crippen molar-refractivity contribution in [2.45, 2.75) is 19.0 Å². The quantitative estimate of drug-likeness (QED) is 0.818. The van der Waals surface area contributed by atoms with Crippen molar-refractivity contribution in [2.75, 3.05) is 19.8 Å². The van der Waals surface area contributed by atoms with Crippen molar-refractivity contribution in [1.82, 2.24) is 5.32 Å². The van der Waals surface area contributed by atoms with E-state index >= 15 is 0 Å². The number of nitrogens with two attached hydrogens (primary N) is 1. The fraction of sp³-hybridized carbons (Fsp3) is 0.500. The molecule has 1 amide bonds. The Morgan fingerprint density at radius 1 is 1.42 bits per heavy atom. The number of para-hydroxylation sites is 1. The summed E-state index contributed by atoms with van der Waals surface area (Å²) in [6.07, 6.45) is 0. The van der Waals surface area contributed by atoms with E-state index in [0.29, 0.717) is 19.8 Å². The third kappa shape index (κ3) is 1.99. The molecule has 0 bridgehead atoms. The highest BCUT2D eigenvalue weighted by molar-refractivity contribution is 5.84. The van der Waals surface area contributed by atoms with E-state index in [-0.39, 0.29) is 18.0 Å². The van der Waals surface area contributed by atoms with Gasteiger partial charge in [0.25, 0.3) is 0 Å². The van der Waals surface area contributed by atoms with Crippen LogP contribution in [0, 0.1) is 5.41 Å². The number of carbonyl (C=O) groups excluding carboxylic acids is 1. The molecule has 5 heteroatoms. The standard InChI is InChI=1S/C14H18N2O3/c1-14(8-18-7-12(14)15)13(17)16-10-6-19-11-5-3-2-4-9(10)11/h2-5,10,12H,6-8,15H2,1H3,(H,16,17). The van der Waals surface area contributed by atoms with Crippen LogP contribution in [-0.2, 0) is 9.53 Å². The van der Waals surface area contributed by atoms with Crippen molar-refractivity contribution in [3.8, 4) is 5.75 Å². The summed E-state index contributed by atoms with van der Waals surface area (Å²) in [4.78, 5) is 12.4. The molecule has 3 atom stereocenters. The van der Waals surface area contributed by atoms with E-state index < -0.39 is 5.41 Å². The van der Waals surface area contributed by atoms with Crippen molar-refractivity contribution < 1.29 is 14.3 Å². The Kier molecular flexibility index (Phi) is 2.95. The lowest BCUT2D eigenvalue weighted by molar-refractivity contribution is -0.131. The first-order chi connectivity index (χ1) is 9.11. The van der Waals surface area contributed by atoms with Crippen molar-refractivity contribution in [1.29, 1.82) is 0 Å². The molecule has 3 N–H and O–H groups in total. The number of benzene rings is 1. The van der Waals surface area contributed by atoms with Crippen LogP contribution in [-0.4, -0.2) is 31.8 Å². The number of amides is 1. The summed E-state index contributed by atoms with van der Waals surface area (Å²) in [6.45, 7) is 3.12. The van der Waals surface area contributed by atoms with Gasteiger partial charge < -0.3 is 20.5 Å². The molecule has 0 radical (unpaired) electrons. The molecular weight excluding hydrogens is 244 g/mol. The third-order valence-corrected chi connectivity index (χ3v) is 4.04. The van der Waals surface area contributed by atoms with Crippen molar-refractivity contribution in [3.63, 3.8) is 0 Å². The Labute approximate surface area is 112 Å². The number of carbonyl (C=O) groups is 1. The van der Waals surface area contributed by atoms with Crippen LogP contribution in [0.4, 0.5) is 0 Å². The van der Waals surface area contributed by atoms with Gasteiger partial charge >= 0.3 is 0 Å². The van der Waals surface area contributed by atoms with Crippen LogP contribution < -0.4 is 15.8 Å².